The van der Waals surface area contributed by atoms with Crippen LogP contribution in [-0.2, 0) is 4.74 Å². The molecule has 3 heterocycles. The summed E-state index contributed by atoms with van der Waals surface area (Å²) in [6.07, 6.45) is 2.17. The molecule has 0 radical (unpaired) electrons. The minimum atomic E-state index is 0.334. The van der Waals surface area contributed by atoms with Crippen molar-refractivity contribution >= 4 is 5.82 Å². The Hall–Kier alpha value is -1.13. The van der Waals surface area contributed by atoms with Crippen LogP contribution in [-0.4, -0.2) is 43.4 Å². The van der Waals surface area contributed by atoms with Gasteiger partial charge in [-0.1, -0.05) is 6.07 Å². The third kappa shape index (κ3) is 1.70. The zero-order valence-electron chi connectivity index (χ0n) is 8.60. The minimum Gasteiger partial charge on any atom is -0.373 e. The summed E-state index contributed by atoms with van der Waals surface area (Å²) in [4.78, 5) is 6.65. The quantitative estimate of drug-likeness (QED) is 0.713. The smallest absolute Gasteiger partial charge is 0.128 e. The molecule has 15 heavy (non-hydrogen) atoms. The third-order valence-corrected chi connectivity index (χ3v) is 3.08. The highest BCUT2D eigenvalue weighted by atomic mass is 16.5. The van der Waals surface area contributed by atoms with Crippen molar-refractivity contribution in [3.8, 4) is 0 Å². The first-order chi connectivity index (χ1) is 7.43. The molecule has 80 valence electrons. The Labute approximate surface area is 89.3 Å². The lowest BCUT2D eigenvalue weighted by Crippen LogP contribution is -2.47. The molecule has 1 aromatic heterocycles. The molecule has 0 aromatic carbocycles. The molecule has 2 aliphatic heterocycles. The van der Waals surface area contributed by atoms with E-state index in [0.717, 1.165) is 32.1 Å². The molecule has 1 aromatic rings. The van der Waals surface area contributed by atoms with Gasteiger partial charge < -0.3 is 15.0 Å². The highest BCUT2D eigenvalue weighted by Crippen LogP contribution is 2.21. The number of nitrogens with zero attached hydrogens (tertiary/aromatic N) is 2. The van der Waals surface area contributed by atoms with Crippen LogP contribution in [0.4, 0.5) is 5.82 Å². The van der Waals surface area contributed by atoms with Crippen molar-refractivity contribution < 1.29 is 4.74 Å². The molecule has 1 N–H and O–H groups in total. The summed E-state index contributed by atoms with van der Waals surface area (Å²) in [6.45, 7) is 3.75. The van der Waals surface area contributed by atoms with Crippen molar-refractivity contribution in [3.63, 3.8) is 0 Å². The summed E-state index contributed by atoms with van der Waals surface area (Å²) in [5.41, 5.74) is 0. The Morgan fingerprint density at radius 1 is 1.40 bits per heavy atom. The Kier molecular flexibility index (Phi) is 2.31. The maximum absolute atomic E-state index is 5.72. The average molecular weight is 205 g/mol. The Morgan fingerprint density at radius 3 is 3.20 bits per heavy atom. The van der Waals surface area contributed by atoms with Gasteiger partial charge in [0.2, 0.25) is 0 Å². The Morgan fingerprint density at radius 2 is 2.40 bits per heavy atom. The van der Waals surface area contributed by atoms with Gasteiger partial charge in [0, 0.05) is 25.8 Å². The van der Waals surface area contributed by atoms with Crippen molar-refractivity contribution in [1.29, 1.82) is 0 Å². The zero-order valence-corrected chi connectivity index (χ0v) is 8.60. The van der Waals surface area contributed by atoms with E-state index in [9.17, 15) is 0 Å². The molecule has 2 saturated heterocycles. The molecule has 0 amide bonds. The monoisotopic (exact) mass is 205 g/mol. The molecule has 2 atom stereocenters. The van der Waals surface area contributed by atoms with Gasteiger partial charge in [-0.15, -0.1) is 0 Å². The van der Waals surface area contributed by atoms with Gasteiger partial charge in [-0.25, -0.2) is 4.98 Å². The third-order valence-electron chi connectivity index (χ3n) is 3.08. The molecular weight excluding hydrogens is 190 g/mol. The van der Waals surface area contributed by atoms with Crippen LogP contribution >= 0.6 is 0 Å². The Balaban J connectivity index is 1.75. The van der Waals surface area contributed by atoms with Crippen molar-refractivity contribution in [2.45, 2.75) is 12.1 Å². The summed E-state index contributed by atoms with van der Waals surface area (Å²) in [6, 6.07) is 6.50. The molecule has 0 aliphatic carbocycles. The van der Waals surface area contributed by atoms with Gasteiger partial charge in [0.1, 0.15) is 5.82 Å². The van der Waals surface area contributed by atoms with Crippen LogP contribution in [0.1, 0.15) is 0 Å². The van der Waals surface area contributed by atoms with Gasteiger partial charge in [-0.3, -0.25) is 0 Å². The number of fused-ring (bicyclic) bond motifs is 1. The Bertz CT molecular complexity index is 316. The summed E-state index contributed by atoms with van der Waals surface area (Å²) in [5.74, 6) is 1.05. The normalized spacial score (nSPS) is 30.3. The van der Waals surface area contributed by atoms with E-state index in [1.165, 1.54) is 0 Å². The minimum absolute atomic E-state index is 0.334. The molecule has 0 bridgehead atoms. The average Bonchev–Trinajstić information content (AvgIpc) is 2.74. The predicted octanol–water partition coefficient (Wildman–Crippen LogP) is 0.259. The number of anilines is 1. The van der Waals surface area contributed by atoms with Crippen LogP contribution in [0, 0.1) is 0 Å². The van der Waals surface area contributed by atoms with E-state index in [4.69, 9.17) is 4.74 Å². The van der Waals surface area contributed by atoms with Crippen LogP contribution in [0.5, 0.6) is 0 Å². The molecule has 2 unspecified atom stereocenters. The van der Waals surface area contributed by atoms with Crippen molar-refractivity contribution in [2.75, 3.05) is 31.1 Å². The number of pyridine rings is 1. The number of aromatic nitrogens is 1. The fourth-order valence-electron chi connectivity index (χ4n) is 2.32. The molecule has 4 nitrogen and oxygen atoms in total. The van der Waals surface area contributed by atoms with Gasteiger partial charge in [0.05, 0.1) is 18.8 Å². The van der Waals surface area contributed by atoms with E-state index in [1.54, 1.807) is 0 Å². The summed E-state index contributed by atoms with van der Waals surface area (Å²) in [5, 5.41) is 3.49. The van der Waals surface area contributed by atoms with Gasteiger partial charge in [-0.05, 0) is 12.1 Å². The topological polar surface area (TPSA) is 37.4 Å². The number of hydrogen-bond donors (Lipinski definition) is 1. The SMILES string of the molecule is c1ccc(N2CC3NCCOC3C2)nc1. The zero-order chi connectivity index (χ0) is 10.1. The first kappa shape index (κ1) is 9.12. The second-order valence-corrected chi connectivity index (χ2v) is 4.06. The molecule has 0 saturated carbocycles. The van der Waals surface area contributed by atoms with E-state index >= 15 is 0 Å². The number of nitrogens with one attached hydrogen (secondary N) is 1. The van der Waals surface area contributed by atoms with Crippen molar-refractivity contribution in [1.82, 2.24) is 10.3 Å². The lowest BCUT2D eigenvalue weighted by Gasteiger charge is -2.25. The summed E-state index contributed by atoms with van der Waals surface area (Å²) in [7, 11) is 0. The number of rotatable bonds is 1. The van der Waals surface area contributed by atoms with E-state index in [2.05, 4.69) is 21.3 Å². The van der Waals surface area contributed by atoms with Crippen molar-refractivity contribution in [2.24, 2.45) is 0 Å². The van der Waals surface area contributed by atoms with Crippen LogP contribution in [0.15, 0.2) is 24.4 Å². The van der Waals surface area contributed by atoms with Gasteiger partial charge in [-0.2, -0.15) is 0 Å². The first-order valence-electron chi connectivity index (χ1n) is 5.44. The fraction of sp³-hybridized carbons (Fsp3) is 0.545. The van der Waals surface area contributed by atoms with Gasteiger partial charge >= 0.3 is 0 Å². The van der Waals surface area contributed by atoms with E-state index < -0.39 is 0 Å². The molecule has 0 spiro atoms. The lowest BCUT2D eigenvalue weighted by atomic mass is 10.2. The second kappa shape index (κ2) is 3.79. The number of morpholine rings is 1. The largest absolute Gasteiger partial charge is 0.373 e. The molecule has 3 rings (SSSR count). The lowest BCUT2D eigenvalue weighted by molar-refractivity contribution is 0.0212. The van der Waals surface area contributed by atoms with Crippen molar-refractivity contribution in [3.05, 3.63) is 24.4 Å². The van der Waals surface area contributed by atoms with Crippen LogP contribution < -0.4 is 10.2 Å². The fourth-order valence-corrected chi connectivity index (χ4v) is 2.32. The van der Waals surface area contributed by atoms with Crippen LogP contribution in [0.2, 0.25) is 0 Å². The van der Waals surface area contributed by atoms with Crippen LogP contribution in [0.3, 0.4) is 0 Å². The highest BCUT2D eigenvalue weighted by Gasteiger charge is 2.35. The van der Waals surface area contributed by atoms with E-state index in [0.29, 0.717) is 12.1 Å². The number of ether oxygens (including phenoxy) is 1. The molecular formula is C11H15N3O. The predicted molar refractivity (Wildman–Crippen MR) is 58.0 cm³/mol. The van der Waals surface area contributed by atoms with E-state index in [1.807, 2.05) is 18.3 Å². The maximum Gasteiger partial charge on any atom is 0.128 e. The molecule has 2 fully saturated rings. The second-order valence-electron chi connectivity index (χ2n) is 4.06. The standard InChI is InChI=1S/C11H15N3O/c1-2-4-13-11(3-1)14-7-9-10(8-14)15-6-5-12-9/h1-4,9-10,12H,5-8H2. The molecule has 4 heteroatoms. The van der Waals surface area contributed by atoms with Gasteiger partial charge in [0.25, 0.3) is 0 Å². The maximum atomic E-state index is 5.72. The van der Waals surface area contributed by atoms with E-state index in [-0.39, 0.29) is 0 Å². The summed E-state index contributed by atoms with van der Waals surface area (Å²) < 4.78 is 5.72. The molecule has 2 aliphatic rings. The van der Waals surface area contributed by atoms with Gasteiger partial charge in [0.15, 0.2) is 0 Å². The summed E-state index contributed by atoms with van der Waals surface area (Å²) >= 11 is 0. The van der Waals surface area contributed by atoms with Crippen LogP contribution in [0.25, 0.3) is 0 Å². The number of hydrogen-bond acceptors (Lipinski definition) is 4. The highest BCUT2D eigenvalue weighted by molar-refractivity contribution is 5.40. The first-order valence-corrected chi connectivity index (χ1v) is 5.44.